The summed E-state index contributed by atoms with van der Waals surface area (Å²) in [6, 6.07) is 10.3. The molecule has 0 unspecified atom stereocenters. The summed E-state index contributed by atoms with van der Waals surface area (Å²) in [5.74, 6) is 0.236. The molecule has 2 heterocycles. The van der Waals surface area contributed by atoms with Gasteiger partial charge in [-0.05, 0) is 56.2 Å². The van der Waals surface area contributed by atoms with E-state index in [4.69, 9.17) is 0 Å². The van der Waals surface area contributed by atoms with E-state index < -0.39 is 5.97 Å². The first-order valence-electron chi connectivity index (χ1n) is 10.5. The number of benzene rings is 1. The lowest BCUT2D eigenvalue weighted by Crippen LogP contribution is -2.33. The molecule has 0 atom stereocenters. The lowest BCUT2D eigenvalue weighted by atomic mass is 9.96. The van der Waals surface area contributed by atoms with E-state index in [9.17, 15) is 4.79 Å². The average Bonchev–Trinajstić information content (AvgIpc) is 2.83. The second-order valence-electron chi connectivity index (χ2n) is 7.67. The van der Waals surface area contributed by atoms with Crippen molar-refractivity contribution < 1.29 is 9.53 Å². The number of aromatic nitrogens is 2. The molecule has 1 aromatic carbocycles. The third-order valence-corrected chi connectivity index (χ3v) is 5.75. The minimum atomic E-state index is -0.558. The second kappa shape index (κ2) is 10.6. The second-order valence-corrected chi connectivity index (χ2v) is 7.67. The molecule has 0 saturated heterocycles. The number of rotatable bonds is 6. The number of carbonyl (C=O) groups excluding carboxylic acids is 1. The van der Waals surface area contributed by atoms with Crippen LogP contribution >= 0.6 is 0 Å². The molecule has 1 aromatic heterocycles. The minimum absolute atomic E-state index is 0.0806. The Balaban J connectivity index is 1.73. The molecule has 166 valence electrons. The first-order valence-corrected chi connectivity index (χ1v) is 10.5. The zero-order valence-corrected chi connectivity index (χ0v) is 19.1. The summed E-state index contributed by atoms with van der Waals surface area (Å²) in [6.07, 6.45) is 5.18. The van der Waals surface area contributed by atoms with Gasteiger partial charge in [0.2, 0.25) is 0 Å². The highest BCUT2D eigenvalue weighted by Crippen LogP contribution is 2.26. The maximum absolute atomic E-state index is 11.6. The molecule has 0 bridgehead atoms. The lowest BCUT2D eigenvalue weighted by molar-refractivity contribution is -0.136. The molecule has 0 radical (unpaired) electrons. The third kappa shape index (κ3) is 5.35. The van der Waals surface area contributed by atoms with Crippen LogP contribution in [0.5, 0.6) is 0 Å². The van der Waals surface area contributed by atoms with Gasteiger partial charge in [-0.2, -0.15) is 10.2 Å². The third-order valence-electron chi connectivity index (χ3n) is 5.75. The maximum Gasteiger partial charge on any atom is 0.358 e. The molecule has 1 aliphatic heterocycles. The smallest absolute Gasteiger partial charge is 0.358 e. The van der Waals surface area contributed by atoms with Crippen molar-refractivity contribution in [1.82, 2.24) is 15.1 Å². The predicted molar refractivity (Wildman–Crippen MR) is 128 cm³/mol. The van der Waals surface area contributed by atoms with Gasteiger partial charge in [0.15, 0.2) is 5.70 Å². The number of hydrogen-bond donors (Lipinski definition) is 0. The van der Waals surface area contributed by atoms with E-state index in [1.165, 1.54) is 35.6 Å². The Labute approximate surface area is 189 Å². The Morgan fingerprint density at radius 1 is 1.22 bits per heavy atom. The fourth-order valence-corrected chi connectivity index (χ4v) is 3.59. The molecule has 0 N–H and O–H groups in total. The standard InChI is InChI=1S/C25H29N5O2/c1-17-18(2)24(29-28-22(17)15-20-9-7-6-8-10-20)21-11-13-30(14-12-21)19(3)27-16-23(26-4)25(31)32-5/h6-11,16H,4,12-15H2,1-3,5H3. The van der Waals surface area contributed by atoms with E-state index in [1.54, 1.807) is 0 Å². The molecular formula is C25H29N5O2. The number of carbonyl (C=O) groups is 1. The van der Waals surface area contributed by atoms with Gasteiger partial charge in [0, 0.05) is 19.5 Å². The van der Waals surface area contributed by atoms with Gasteiger partial charge < -0.3 is 9.64 Å². The van der Waals surface area contributed by atoms with Crippen LogP contribution in [0.3, 0.4) is 0 Å². The molecule has 7 heteroatoms. The molecule has 0 aliphatic carbocycles. The molecular weight excluding hydrogens is 402 g/mol. The average molecular weight is 432 g/mol. The summed E-state index contributed by atoms with van der Waals surface area (Å²) in [6.45, 7) is 11.0. The van der Waals surface area contributed by atoms with Crippen molar-refractivity contribution in [2.75, 3.05) is 20.2 Å². The molecule has 1 aliphatic rings. The highest BCUT2D eigenvalue weighted by Gasteiger charge is 2.19. The molecule has 7 nitrogen and oxygen atoms in total. The highest BCUT2D eigenvalue weighted by atomic mass is 16.5. The van der Waals surface area contributed by atoms with Crippen LogP contribution in [0.4, 0.5) is 0 Å². The summed E-state index contributed by atoms with van der Waals surface area (Å²) in [5, 5.41) is 9.13. The van der Waals surface area contributed by atoms with Crippen LogP contribution in [0, 0.1) is 13.8 Å². The van der Waals surface area contributed by atoms with E-state index in [-0.39, 0.29) is 5.70 Å². The highest BCUT2D eigenvalue weighted by molar-refractivity contribution is 5.89. The Kier molecular flexibility index (Phi) is 7.65. The summed E-state index contributed by atoms with van der Waals surface area (Å²) in [5.41, 5.74) is 6.87. The SMILES string of the molecule is C=NC(=CN=C(C)N1CC=C(c2nnc(Cc3ccccc3)c(C)c2C)CC1)C(=O)OC. The topological polar surface area (TPSA) is 80.0 Å². The van der Waals surface area contributed by atoms with Crippen LogP contribution < -0.4 is 0 Å². The van der Waals surface area contributed by atoms with Crippen LogP contribution in [-0.4, -0.2) is 53.8 Å². The lowest BCUT2D eigenvalue weighted by Gasteiger charge is -2.28. The number of ether oxygens (including phenoxy) is 1. The summed E-state index contributed by atoms with van der Waals surface area (Å²) in [4.78, 5) is 21.7. The van der Waals surface area contributed by atoms with Gasteiger partial charge in [-0.3, -0.25) is 4.99 Å². The van der Waals surface area contributed by atoms with Gasteiger partial charge in [0.1, 0.15) is 5.84 Å². The van der Waals surface area contributed by atoms with Crippen molar-refractivity contribution in [3.05, 3.63) is 76.4 Å². The number of nitrogens with zero attached hydrogens (tertiary/aromatic N) is 5. The largest absolute Gasteiger partial charge is 0.464 e. The van der Waals surface area contributed by atoms with Gasteiger partial charge in [-0.25, -0.2) is 9.79 Å². The van der Waals surface area contributed by atoms with Crippen molar-refractivity contribution in [2.24, 2.45) is 9.98 Å². The molecule has 0 spiro atoms. The molecule has 0 saturated carbocycles. The Hall–Kier alpha value is -3.61. The first kappa shape index (κ1) is 23.1. The Morgan fingerprint density at radius 3 is 2.59 bits per heavy atom. The molecule has 3 rings (SSSR count). The van der Waals surface area contributed by atoms with Gasteiger partial charge in [-0.1, -0.05) is 36.4 Å². The van der Waals surface area contributed by atoms with Crippen LogP contribution in [0.25, 0.3) is 5.57 Å². The summed E-state index contributed by atoms with van der Waals surface area (Å²) >= 11 is 0. The fourth-order valence-electron chi connectivity index (χ4n) is 3.59. The maximum atomic E-state index is 11.6. The van der Waals surface area contributed by atoms with Gasteiger partial charge >= 0.3 is 5.97 Å². The van der Waals surface area contributed by atoms with Crippen LogP contribution in [-0.2, 0) is 16.0 Å². The molecule has 2 aromatic rings. The summed E-state index contributed by atoms with van der Waals surface area (Å²) in [7, 11) is 1.30. The van der Waals surface area contributed by atoms with Crippen LogP contribution in [0.1, 0.15) is 41.4 Å². The number of aliphatic imine (C=N–C) groups is 2. The van der Waals surface area contributed by atoms with E-state index in [1.807, 2.05) is 25.1 Å². The fraction of sp³-hybridized carbons (Fsp3) is 0.320. The zero-order chi connectivity index (χ0) is 23.1. The predicted octanol–water partition coefficient (Wildman–Crippen LogP) is 3.91. The van der Waals surface area contributed by atoms with Crippen molar-refractivity contribution >= 4 is 24.1 Å². The summed E-state index contributed by atoms with van der Waals surface area (Å²) < 4.78 is 4.66. The Bertz CT molecular complexity index is 1090. The van der Waals surface area contributed by atoms with Crippen LogP contribution in [0.15, 0.2) is 58.3 Å². The van der Waals surface area contributed by atoms with E-state index in [0.29, 0.717) is 6.54 Å². The van der Waals surface area contributed by atoms with E-state index >= 15 is 0 Å². The number of hydrogen-bond acceptors (Lipinski definition) is 6. The number of methoxy groups -OCH3 is 1. The van der Waals surface area contributed by atoms with Gasteiger partial charge in [0.05, 0.1) is 24.7 Å². The normalized spacial score (nSPS) is 14.8. The van der Waals surface area contributed by atoms with Gasteiger partial charge in [0.25, 0.3) is 0 Å². The monoisotopic (exact) mass is 431 g/mol. The first-order chi connectivity index (χ1) is 15.4. The molecule has 0 fully saturated rings. The van der Waals surface area contributed by atoms with Crippen molar-refractivity contribution in [2.45, 2.75) is 33.6 Å². The van der Waals surface area contributed by atoms with E-state index in [0.717, 1.165) is 36.6 Å². The minimum Gasteiger partial charge on any atom is -0.464 e. The van der Waals surface area contributed by atoms with Crippen molar-refractivity contribution in [1.29, 1.82) is 0 Å². The Morgan fingerprint density at radius 2 is 1.97 bits per heavy atom. The van der Waals surface area contributed by atoms with E-state index in [2.05, 4.69) is 68.6 Å². The van der Waals surface area contributed by atoms with Crippen LogP contribution in [0.2, 0.25) is 0 Å². The van der Waals surface area contributed by atoms with Crippen molar-refractivity contribution in [3.63, 3.8) is 0 Å². The molecule has 32 heavy (non-hydrogen) atoms. The number of amidine groups is 1. The molecule has 0 amide bonds. The van der Waals surface area contributed by atoms with Crippen molar-refractivity contribution in [3.8, 4) is 0 Å². The zero-order valence-electron chi connectivity index (χ0n) is 19.1. The number of esters is 1. The quantitative estimate of drug-likeness (QED) is 0.300. The van der Waals surface area contributed by atoms with Gasteiger partial charge in [-0.15, -0.1) is 0 Å².